The summed E-state index contributed by atoms with van der Waals surface area (Å²) in [6.45, 7) is 3.34. The molecule has 4 heteroatoms. The van der Waals surface area contributed by atoms with Crippen LogP contribution < -0.4 is 11.1 Å². The highest BCUT2D eigenvalue weighted by molar-refractivity contribution is 5.79. The van der Waals surface area contributed by atoms with E-state index in [1.807, 2.05) is 0 Å². The van der Waals surface area contributed by atoms with Crippen molar-refractivity contribution in [3.63, 3.8) is 0 Å². The van der Waals surface area contributed by atoms with Gasteiger partial charge in [0.05, 0.1) is 0 Å². The second-order valence-electron chi connectivity index (χ2n) is 5.19. The van der Waals surface area contributed by atoms with Gasteiger partial charge in [-0.3, -0.25) is 0 Å². The summed E-state index contributed by atoms with van der Waals surface area (Å²) in [7, 11) is 0. The van der Waals surface area contributed by atoms with Crippen LogP contribution >= 0.6 is 0 Å². The molecule has 0 aromatic carbocycles. The predicted molar refractivity (Wildman–Crippen MR) is 71.3 cm³/mol. The molecule has 0 bridgehead atoms. The van der Waals surface area contributed by atoms with E-state index < -0.39 is 0 Å². The first-order chi connectivity index (χ1) is 8.24. The molecule has 1 fully saturated rings. The van der Waals surface area contributed by atoms with Gasteiger partial charge in [-0.25, -0.2) is 0 Å². The predicted octanol–water partition coefficient (Wildman–Crippen LogP) is 2.46. The minimum atomic E-state index is 0.338. The highest BCUT2D eigenvalue weighted by Crippen LogP contribution is 2.26. The number of nitrogens with two attached hydrogens (primary N) is 1. The molecule has 0 unspecified atom stereocenters. The van der Waals surface area contributed by atoms with Crippen molar-refractivity contribution in [1.29, 1.82) is 0 Å². The highest BCUT2D eigenvalue weighted by Gasteiger charge is 2.18. The molecule has 4 N–H and O–H groups in total. The minimum absolute atomic E-state index is 0.338. The Morgan fingerprint density at radius 2 is 2.06 bits per heavy atom. The van der Waals surface area contributed by atoms with Crippen molar-refractivity contribution in [3.05, 3.63) is 0 Å². The van der Waals surface area contributed by atoms with Gasteiger partial charge < -0.3 is 16.3 Å². The molecule has 0 aromatic heterocycles. The van der Waals surface area contributed by atoms with Gasteiger partial charge in [0.2, 0.25) is 0 Å². The second kappa shape index (κ2) is 8.34. The molecule has 4 nitrogen and oxygen atoms in total. The Balaban J connectivity index is 2.01. The topological polar surface area (TPSA) is 70.6 Å². The molecular formula is C13H27N3O. The molecular weight excluding hydrogens is 214 g/mol. The standard InChI is InChI=1S/C13H27N3O/c1-11(12-7-3-2-4-8-12)15-10-6-5-9-13(14)16-17/h11-12,15,17H,2-10H2,1H3,(H2,14,16)/t11-/m0/s1. The van der Waals surface area contributed by atoms with E-state index >= 15 is 0 Å². The SMILES string of the molecule is C[C@H](NCCCCC(N)=NO)C1CCCCC1. The van der Waals surface area contributed by atoms with Crippen LogP contribution in [0.5, 0.6) is 0 Å². The summed E-state index contributed by atoms with van der Waals surface area (Å²) in [6, 6.07) is 0.638. The lowest BCUT2D eigenvalue weighted by molar-refractivity contribution is 0.281. The van der Waals surface area contributed by atoms with Gasteiger partial charge in [-0.1, -0.05) is 24.4 Å². The third-order valence-corrected chi connectivity index (χ3v) is 3.81. The Labute approximate surface area is 105 Å². The van der Waals surface area contributed by atoms with E-state index in [9.17, 15) is 0 Å². The summed E-state index contributed by atoms with van der Waals surface area (Å²) in [5, 5.41) is 15.0. The van der Waals surface area contributed by atoms with E-state index in [-0.39, 0.29) is 0 Å². The zero-order valence-electron chi connectivity index (χ0n) is 11.0. The maximum absolute atomic E-state index is 8.40. The number of hydrogen-bond acceptors (Lipinski definition) is 3. The zero-order valence-corrected chi connectivity index (χ0v) is 11.0. The van der Waals surface area contributed by atoms with Crippen molar-refractivity contribution in [2.75, 3.05) is 6.54 Å². The average Bonchev–Trinajstić information content (AvgIpc) is 2.38. The largest absolute Gasteiger partial charge is 0.409 e. The third kappa shape index (κ3) is 5.91. The van der Waals surface area contributed by atoms with Gasteiger partial charge >= 0.3 is 0 Å². The maximum atomic E-state index is 8.40. The molecule has 0 aromatic rings. The molecule has 100 valence electrons. The quantitative estimate of drug-likeness (QED) is 0.211. The van der Waals surface area contributed by atoms with Gasteiger partial charge in [-0.05, 0) is 45.1 Å². The van der Waals surface area contributed by atoms with Crippen molar-refractivity contribution < 1.29 is 5.21 Å². The molecule has 0 spiro atoms. The molecule has 0 saturated heterocycles. The van der Waals surface area contributed by atoms with E-state index in [2.05, 4.69) is 17.4 Å². The second-order valence-corrected chi connectivity index (χ2v) is 5.19. The first kappa shape index (κ1) is 14.3. The van der Waals surface area contributed by atoms with Crippen molar-refractivity contribution in [2.45, 2.75) is 64.3 Å². The van der Waals surface area contributed by atoms with Crippen LogP contribution in [-0.2, 0) is 0 Å². The molecule has 0 radical (unpaired) electrons. The molecule has 0 amide bonds. The Morgan fingerprint density at radius 3 is 2.71 bits per heavy atom. The van der Waals surface area contributed by atoms with Crippen LogP contribution in [0.1, 0.15) is 58.3 Å². The van der Waals surface area contributed by atoms with Crippen molar-refractivity contribution >= 4 is 5.84 Å². The van der Waals surface area contributed by atoms with Gasteiger partial charge in [0.1, 0.15) is 5.84 Å². The zero-order chi connectivity index (χ0) is 12.5. The molecule has 17 heavy (non-hydrogen) atoms. The lowest BCUT2D eigenvalue weighted by Crippen LogP contribution is -2.35. The highest BCUT2D eigenvalue weighted by atomic mass is 16.4. The normalized spacial score (nSPS) is 20.4. The Bertz CT molecular complexity index is 225. The molecule has 0 aliphatic heterocycles. The number of rotatable bonds is 7. The van der Waals surface area contributed by atoms with Gasteiger partial charge in [-0.15, -0.1) is 0 Å². The van der Waals surface area contributed by atoms with E-state index in [4.69, 9.17) is 10.9 Å². The maximum Gasteiger partial charge on any atom is 0.139 e. The van der Waals surface area contributed by atoms with E-state index in [1.165, 1.54) is 32.1 Å². The summed E-state index contributed by atoms with van der Waals surface area (Å²) in [4.78, 5) is 0. The van der Waals surface area contributed by atoms with Crippen molar-refractivity contribution in [2.24, 2.45) is 16.8 Å². The fourth-order valence-corrected chi connectivity index (χ4v) is 2.61. The Hall–Kier alpha value is -0.770. The Kier molecular flexibility index (Phi) is 7.01. The fourth-order valence-electron chi connectivity index (χ4n) is 2.61. The first-order valence-electron chi connectivity index (χ1n) is 6.94. The average molecular weight is 241 g/mol. The summed E-state index contributed by atoms with van der Waals surface area (Å²) < 4.78 is 0. The van der Waals surface area contributed by atoms with Gasteiger partial charge in [0.15, 0.2) is 0 Å². The van der Waals surface area contributed by atoms with E-state index in [1.54, 1.807) is 0 Å². The number of nitrogens with one attached hydrogen (secondary N) is 1. The van der Waals surface area contributed by atoms with Crippen LogP contribution in [0, 0.1) is 5.92 Å². The molecule has 0 heterocycles. The van der Waals surface area contributed by atoms with Crippen LogP contribution in [0.3, 0.4) is 0 Å². The first-order valence-corrected chi connectivity index (χ1v) is 6.94. The summed E-state index contributed by atoms with van der Waals surface area (Å²) in [6.07, 6.45) is 9.77. The molecule has 1 atom stereocenters. The van der Waals surface area contributed by atoms with E-state index in [0.717, 1.165) is 25.3 Å². The smallest absolute Gasteiger partial charge is 0.139 e. The van der Waals surface area contributed by atoms with Crippen LogP contribution in [0.25, 0.3) is 0 Å². The number of oxime groups is 1. The number of hydrogen-bond donors (Lipinski definition) is 3. The summed E-state index contributed by atoms with van der Waals surface area (Å²) in [5.74, 6) is 1.21. The molecule has 1 aliphatic rings. The molecule has 1 rings (SSSR count). The van der Waals surface area contributed by atoms with Crippen LogP contribution in [0.4, 0.5) is 0 Å². The fraction of sp³-hybridized carbons (Fsp3) is 0.923. The van der Waals surface area contributed by atoms with Crippen LogP contribution in [-0.4, -0.2) is 23.6 Å². The number of unbranched alkanes of at least 4 members (excludes halogenated alkanes) is 1. The summed E-state index contributed by atoms with van der Waals surface area (Å²) >= 11 is 0. The Morgan fingerprint density at radius 1 is 1.35 bits per heavy atom. The van der Waals surface area contributed by atoms with Crippen LogP contribution in [0.15, 0.2) is 5.16 Å². The monoisotopic (exact) mass is 241 g/mol. The lowest BCUT2D eigenvalue weighted by Gasteiger charge is -2.28. The van der Waals surface area contributed by atoms with Crippen molar-refractivity contribution in [3.8, 4) is 0 Å². The number of nitrogens with zero attached hydrogens (tertiary/aromatic N) is 1. The third-order valence-electron chi connectivity index (χ3n) is 3.81. The summed E-state index contributed by atoms with van der Waals surface area (Å²) in [5.41, 5.74) is 5.41. The lowest BCUT2D eigenvalue weighted by atomic mass is 9.84. The van der Waals surface area contributed by atoms with E-state index in [0.29, 0.717) is 18.3 Å². The minimum Gasteiger partial charge on any atom is -0.409 e. The van der Waals surface area contributed by atoms with Crippen molar-refractivity contribution in [1.82, 2.24) is 5.32 Å². The molecule has 1 saturated carbocycles. The van der Waals surface area contributed by atoms with Crippen LogP contribution in [0.2, 0.25) is 0 Å². The van der Waals surface area contributed by atoms with Gasteiger partial charge in [-0.2, -0.15) is 0 Å². The molecule has 1 aliphatic carbocycles. The number of amidine groups is 1. The van der Waals surface area contributed by atoms with Gasteiger partial charge in [0.25, 0.3) is 0 Å². The van der Waals surface area contributed by atoms with Gasteiger partial charge in [0, 0.05) is 12.5 Å².